The number of nitrogens with zero attached hydrogens (tertiary/aromatic N) is 2. The summed E-state index contributed by atoms with van der Waals surface area (Å²) in [6.45, 7) is 0. The lowest BCUT2D eigenvalue weighted by Gasteiger charge is -2.06. The first-order chi connectivity index (χ1) is 18.7. The van der Waals surface area contributed by atoms with Crippen LogP contribution in [0.1, 0.15) is 0 Å². The zero-order chi connectivity index (χ0) is 25.7. The smallest absolute Gasteiger partial charge is 0.214 e. The highest BCUT2D eigenvalue weighted by Gasteiger charge is 2.13. The molecule has 0 saturated heterocycles. The molecule has 0 saturated carbocycles. The van der Waals surface area contributed by atoms with Crippen LogP contribution in [0.15, 0.2) is 152 Å². The second kappa shape index (κ2) is 10.4. The van der Waals surface area contributed by atoms with Crippen molar-refractivity contribution in [2.45, 2.75) is 0 Å². The van der Waals surface area contributed by atoms with Crippen molar-refractivity contribution >= 4 is 0 Å². The Kier molecular flexibility index (Phi) is 6.35. The Bertz CT molecular complexity index is 1660. The number of aromatic hydroxyl groups is 1. The average Bonchev–Trinajstić information content (AvgIpc) is 2.99. The quantitative estimate of drug-likeness (QED) is 0.251. The van der Waals surface area contributed by atoms with Crippen molar-refractivity contribution < 1.29 is 19.0 Å². The fourth-order valence-corrected chi connectivity index (χ4v) is 4.45. The van der Waals surface area contributed by atoms with Crippen molar-refractivity contribution in [2.24, 2.45) is 0 Å². The van der Waals surface area contributed by atoms with Crippen molar-refractivity contribution in [2.75, 3.05) is 0 Å². The van der Waals surface area contributed by atoms with Crippen LogP contribution in [-0.4, -0.2) is 5.11 Å². The molecule has 0 aliphatic rings. The molecule has 6 aromatic rings. The van der Waals surface area contributed by atoms with Crippen LogP contribution >= 0.6 is 0 Å². The van der Waals surface area contributed by atoms with Crippen molar-refractivity contribution in [3.8, 4) is 50.9 Å². The van der Waals surface area contributed by atoms with Crippen LogP contribution in [0.3, 0.4) is 0 Å². The lowest BCUT2D eigenvalue weighted by atomic mass is 10.0. The lowest BCUT2D eigenvalue weighted by Crippen LogP contribution is -2.29. The summed E-state index contributed by atoms with van der Waals surface area (Å²) in [5.74, 6) is 1.88. The Hall–Kier alpha value is -5.22. The summed E-state index contributed by atoms with van der Waals surface area (Å²) >= 11 is 0. The van der Waals surface area contributed by atoms with Gasteiger partial charge in [-0.05, 0) is 41.0 Å². The highest BCUT2D eigenvalue weighted by molar-refractivity contribution is 5.71. The molecule has 0 amide bonds. The summed E-state index contributed by atoms with van der Waals surface area (Å²) in [5, 5.41) is 10.4. The molecule has 0 spiro atoms. The van der Waals surface area contributed by atoms with Gasteiger partial charge in [-0.1, -0.05) is 54.6 Å². The van der Waals surface area contributed by atoms with E-state index in [2.05, 4.69) is 51.9 Å². The van der Waals surface area contributed by atoms with Gasteiger partial charge in [-0.3, -0.25) is 0 Å². The molecule has 6 rings (SSSR count). The van der Waals surface area contributed by atoms with E-state index in [0.29, 0.717) is 0 Å². The van der Waals surface area contributed by atoms with Crippen molar-refractivity contribution in [3.05, 3.63) is 152 Å². The zero-order valence-electron chi connectivity index (χ0n) is 20.7. The Morgan fingerprint density at radius 3 is 1.63 bits per heavy atom. The van der Waals surface area contributed by atoms with E-state index >= 15 is 0 Å². The van der Waals surface area contributed by atoms with Gasteiger partial charge in [0.05, 0.1) is 6.07 Å². The first-order valence-corrected chi connectivity index (χ1v) is 12.5. The van der Waals surface area contributed by atoms with E-state index in [4.69, 9.17) is 4.74 Å². The van der Waals surface area contributed by atoms with Gasteiger partial charge in [-0.25, -0.2) is 0 Å². The molecule has 0 aliphatic heterocycles. The normalized spacial score (nSPS) is 10.7. The van der Waals surface area contributed by atoms with E-state index in [1.54, 1.807) is 6.07 Å². The van der Waals surface area contributed by atoms with Gasteiger partial charge in [0.1, 0.15) is 17.2 Å². The molecule has 1 N–H and O–H groups in total. The van der Waals surface area contributed by atoms with E-state index in [1.807, 2.05) is 103 Å². The van der Waals surface area contributed by atoms with E-state index in [-0.39, 0.29) is 5.75 Å². The van der Waals surface area contributed by atoms with Gasteiger partial charge in [0.25, 0.3) is 0 Å². The summed E-state index contributed by atoms with van der Waals surface area (Å²) < 4.78 is 10.1. The van der Waals surface area contributed by atoms with Crippen LogP contribution in [0.25, 0.3) is 33.6 Å². The van der Waals surface area contributed by atoms with Gasteiger partial charge in [0, 0.05) is 48.0 Å². The molecule has 0 unspecified atom stereocenters. The maximum Gasteiger partial charge on any atom is 0.214 e. The largest absolute Gasteiger partial charge is 0.507 e. The van der Waals surface area contributed by atoms with Crippen molar-refractivity contribution in [3.63, 3.8) is 0 Å². The van der Waals surface area contributed by atoms with Gasteiger partial charge in [-0.15, -0.1) is 0 Å². The summed E-state index contributed by atoms with van der Waals surface area (Å²) in [7, 11) is 0. The first kappa shape index (κ1) is 23.2. The number of phenols is 1. The Morgan fingerprint density at radius 1 is 0.447 bits per heavy atom. The molecule has 0 radical (unpaired) electrons. The summed E-state index contributed by atoms with van der Waals surface area (Å²) in [6, 6.07) is 41.8. The van der Waals surface area contributed by atoms with Crippen LogP contribution in [0.2, 0.25) is 0 Å². The molecule has 0 aliphatic carbocycles. The fourth-order valence-electron chi connectivity index (χ4n) is 4.45. The molecular formula is C34H26N2O2+2. The Balaban J connectivity index is 1.21. The van der Waals surface area contributed by atoms with Gasteiger partial charge in [0.2, 0.25) is 11.4 Å². The second-order valence-electron chi connectivity index (χ2n) is 8.97. The number of para-hydroxylation sites is 1. The van der Waals surface area contributed by atoms with Crippen LogP contribution in [0, 0.1) is 0 Å². The number of hydrogen-bond donors (Lipinski definition) is 1. The van der Waals surface area contributed by atoms with E-state index in [1.165, 1.54) is 0 Å². The molecule has 2 aromatic heterocycles. The molecule has 4 heteroatoms. The Labute approximate surface area is 221 Å². The molecule has 0 atom stereocenters. The van der Waals surface area contributed by atoms with Crippen LogP contribution < -0.4 is 13.9 Å². The number of ether oxygens (including phenoxy) is 1. The minimum Gasteiger partial charge on any atom is -0.507 e. The number of aromatic nitrogens is 2. The minimum absolute atomic E-state index is 0.270. The van der Waals surface area contributed by atoms with Crippen LogP contribution in [0.4, 0.5) is 0 Å². The Morgan fingerprint density at radius 2 is 1.00 bits per heavy atom. The molecule has 4 nitrogen and oxygen atoms in total. The molecule has 0 fully saturated rings. The monoisotopic (exact) mass is 494 g/mol. The zero-order valence-corrected chi connectivity index (χ0v) is 20.7. The molecule has 182 valence electrons. The van der Waals surface area contributed by atoms with Gasteiger partial charge < -0.3 is 9.84 Å². The average molecular weight is 495 g/mol. The second-order valence-corrected chi connectivity index (χ2v) is 8.97. The number of hydrogen-bond acceptors (Lipinski definition) is 2. The molecule has 4 aromatic carbocycles. The highest BCUT2D eigenvalue weighted by Crippen LogP contribution is 2.30. The molecular weight excluding hydrogens is 468 g/mol. The molecule has 38 heavy (non-hydrogen) atoms. The third-order valence-electron chi connectivity index (χ3n) is 6.45. The summed E-state index contributed by atoms with van der Waals surface area (Å²) in [5.41, 5.74) is 6.05. The van der Waals surface area contributed by atoms with Gasteiger partial charge in [-0.2, -0.15) is 9.13 Å². The number of phenolic OH excluding ortho intramolecular Hbond substituents is 1. The predicted molar refractivity (Wildman–Crippen MR) is 149 cm³/mol. The van der Waals surface area contributed by atoms with Crippen LogP contribution in [0.5, 0.6) is 17.2 Å². The van der Waals surface area contributed by atoms with E-state index in [9.17, 15) is 5.11 Å². The highest BCUT2D eigenvalue weighted by atomic mass is 16.5. The fraction of sp³-hybridized carbons (Fsp3) is 0. The van der Waals surface area contributed by atoms with E-state index < -0.39 is 0 Å². The van der Waals surface area contributed by atoms with Crippen molar-refractivity contribution in [1.29, 1.82) is 0 Å². The van der Waals surface area contributed by atoms with Crippen LogP contribution in [-0.2, 0) is 0 Å². The minimum atomic E-state index is 0.270. The number of pyridine rings is 2. The van der Waals surface area contributed by atoms with Gasteiger partial charge >= 0.3 is 0 Å². The third-order valence-corrected chi connectivity index (χ3v) is 6.45. The van der Waals surface area contributed by atoms with Gasteiger partial charge in [0.15, 0.2) is 24.8 Å². The third kappa shape index (κ3) is 5.01. The van der Waals surface area contributed by atoms with Crippen molar-refractivity contribution in [1.82, 2.24) is 0 Å². The maximum atomic E-state index is 10.4. The topological polar surface area (TPSA) is 37.2 Å². The maximum absolute atomic E-state index is 10.4. The first-order valence-electron chi connectivity index (χ1n) is 12.5. The molecule has 2 heterocycles. The number of benzene rings is 4. The number of rotatable bonds is 6. The SMILES string of the molecule is Oc1ccc(-[n+]2ccc(-c3cc[n+](-c4cccc(Oc5ccccc5)c4)cc3)cc2)cc1-c1ccccc1. The van der Waals surface area contributed by atoms with E-state index in [0.717, 1.165) is 45.1 Å². The standard InChI is InChI=1S/C34H25N2O2/c37-34-15-14-30(25-33(34)28-8-3-1-4-9-28)36-22-18-27(19-23-36)26-16-20-35(21-17-26)29-10-7-13-32(24-29)38-31-11-5-2-6-12-31/h1-25H/q+1/p+1. The summed E-state index contributed by atoms with van der Waals surface area (Å²) in [4.78, 5) is 0. The molecule has 0 bridgehead atoms. The lowest BCUT2D eigenvalue weighted by molar-refractivity contribution is -0.596. The summed E-state index contributed by atoms with van der Waals surface area (Å²) in [6.07, 6.45) is 8.21. The predicted octanol–water partition coefficient (Wildman–Crippen LogP) is 7.07.